The quantitative estimate of drug-likeness (QED) is 0.827. The molecule has 0 aliphatic carbocycles. The van der Waals surface area contributed by atoms with Gasteiger partial charge in [-0.2, -0.15) is 0 Å². The second-order valence-electron chi connectivity index (χ2n) is 4.55. The van der Waals surface area contributed by atoms with E-state index in [0.29, 0.717) is 12.0 Å². The molecule has 17 heavy (non-hydrogen) atoms. The van der Waals surface area contributed by atoms with Crippen molar-refractivity contribution in [2.75, 3.05) is 0 Å². The third-order valence-corrected chi connectivity index (χ3v) is 2.87. The van der Waals surface area contributed by atoms with E-state index in [1.54, 1.807) is 6.20 Å². The fourth-order valence-corrected chi connectivity index (χ4v) is 2.00. The van der Waals surface area contributed by atoms with Crippen LogP contribution in [0.4, 0.5) is 0 Å². The van der Waals surface area contributed by atoms with Crippen LogP contribution in [0.15, 0.2) is 42.7 Å². The maximum absolute atomic E-state index is 4.22. The molecule has 0 spiro atoms. The topological polar surface area (TPSA) is 40.7 Å². The van der Waals surface area contributed by atoms with Crippen molar-refractivity contribution in [3.8, 4) is 0 Å². The largest absolute Gasteiger partial charge is 0.348 e. The molecule has 2 aromatic rings. The van der Waals surface area contributed by atoms with Crippen LogP contribution >= 0.6 is 0 Å². The highest BCUT2D eigenvalue weighted by atomic mass is 15.0. The Hall–Kier alpha value is -1.61. The molecular formula is C14H19N3. The van der Waals surface area contributed by atoms with Crippen LogP contribution in [-0.2, 0) is 6.54 Å². The summed E-state index contributed by atoms with van der Waals surface area (Å²) in [6.45, 7) is 5.23. The molecule has 3 heteroatoms. The van der Waals surface area contributed by atoms with Crippen LogP contribution in [0.25, 0.3) is 0 Å². The Morgan fingerprint density at radius 2 is 2.00 bits per heavy atom. The summed E-state index contributed by atoms with van der Waals surface area (Å²) in [5.41, 5.74) is 1.33. The number of aromatic amines is 1. The minimum Gasteiger partial charge on any atom is -0.348 e. The first-order valence-corrected chi connectivity index (χ1v) is 6.04. The number of H-pyrrole nitrogens is 1. The molecule has 0 amide bonds. The molecule has 0 aliphatic heterocycles. The van der Waals surface area contributed by atoms with Gasteiger partial charge in [-0.05, 0) is 11.5 Å². The number of hydrogen-bond donors (Lipinski definition) is 2. The van der Waals surface area contributed by atoms with E-state index in [-0.39, 0.29) is 0 Å². The van der Waals surface area contributed by atoms with Gasteiger partial charge in [0.15, 0.2) is 0 Å². The number of aromatic nitrogens is 2. The number of nitrogens with one attached hydrogen (secondary N) is 2. The summed E-state index contributed by atoms with van der Waals surface area (Å²) in [5.74, 6) is 1.53. The molecule has 0 fully saturated rings. The van der Waals surface area contributed by atoms with Crippen molar-refractivity contribution in [1.82, 2.24) is 15.3 Å². The Bertz CT molecular complexity index is 420. The first-order chi connectivity index (χ1) is 8.27. The first-order valence-electron chi connectivity index (χ1n) is 6.04. The van der Waals surface area contributed by atoms with Gasteiger partial charge in [0.1, 0.15) is 5.82 Å². The van der Waals surface area contributed by atoms with E-state index in [2.05, 4.69) is 53.4 Å². The smallest absolute Gasteiger partial charge is 0.120 e. The SMILES string of the molecule is CC(C)C(NCc1ncc[nH]1)c1ccccc1. The predicted molar refractivity (Wildman–Crippen MR) is 69.4 cm³/mol. The van der Waals surface area contributed by atoms with Crippen molar-refractivity contribution in [3.05, 3.63) is 54.1 Å². The summed E-state index contributed by atoms with van der Waals surface area (Å²) in [7, 11) is 0. The van der Waals surface area contributed by atoms with Gasteiger partial charge in [0.25, 0.3) is 0 Å². The van der Waals surface area contributed by atoms with Gasteiger partial charge >= 0.3 is 0 Å². The zero-order valence-corrected chi connectivity index (χ0v) is 10.4. The Morgan fingerprint density at radius 3 is 2.59 bits per heavy atom. The molecule has 0 bridgehead atoms. The molecule has 90 valence electrons. The van der Waals surface area contributed by atoms with Crippen molar-refractivity contribution in [3.63, 3.8) is 0 Å². The molecule has 1 unspecified atom stereocenters. The zero-order valence-electron chi connectivity index (χ0n) is 10.4. The normalized spacial score (nSPS) is 12.9. The molecule has 2 rings (SSSR count). The van der Waals surface area contributed by atoms with Gasteiger partial charge in [0, 0.05) is 18.4 Å². The monoisotopic (exact) mass is 229 g/mol. The molecule has 2 N–H and O–H groups in total. The van der Waals surface area contributed by atoms with Crippen LogP contribution in [0.5, 0.6) is 0 Å². The van der Waals surface area contributed by atoms with E-state index in [1.165, 1.54) is 5.56 Å². The van der Waals surface area contributed by atoms with Crippen molar-refractivity contribution in [2.24, 2.45) is 5.92 Å². The van der Waals surface area contributed by atoms with Gasteiger partial charge < -0.3 is 10.3 Å². The average Bonchev–Trinajstić information content (AvgIpc) is 2.83. The first kappa shape index (κ1) is 11.9. The lowest BCUT2D eigenvalue weighted by Gasteiger charge is -2.22. The molecule has 1 heterocycles. The standard InChI is InChI=1S/C14H19N3/c1-11(2)14(12-6-4-3-5-7-12)17-10-13-15-8-9-16-13/h3-9,11,14,17H,10H2,1-2H3,(H,15,16). The van der Waals surface area contributed by atoms with Crippen molar-refractivity contribution < 1.29 is 0 Å². The minimum absolute atomic E-state index is 0.362. The average molecular weight is 229 g/mol. The zero-order chi connectivity index (χ0) is 12.1. The number of rotatable bonds is 5. The van der Waals surface area contributed by atoms with Crippen LogP contribution in [0, 0.1) is 5.92 Å². The highest BCUT2D eigenvalue weighted by molar-refractivity contribution is 5.19. The van der Waals surface area contributed by atoms with Gasteiger partial charge in [-0.3, -0.25) is 0 Å². The van der Waals surface area contributed by atoms with E-state index >= 15 is 0 Å². The van der Waals surface area contributed by atoms with Crippen molar-refractivity contribution in [1.29, 1.82) is 0 Å². The third kappa shape index (κ3) is 3.17. The summed E-state index contributed by atoms with van der Waals surface area (Å²) in [4.78, 5) is 7.33. The Labute approximate surface area is 102 Å². The minimum atomic E-state index is 0.362. The Balaban J connectivity index is 2.03. The van der Waals surface area contributed by atoms with Crippen LogP contribution in [0.2, 0.25) is 0 Å². The molecule has 1 aromatic carbocycles. The summed E-state index contributed by atoms with van der Waals surface area (Å²) in [5, 5.41) is 3.54. The van der Waals surface area contributed by atoms with Gasteiger partial charge in [-0.15, -0.1) is 0 Å². The summed E-state index contributed by atoms with van der Waals surface area (Å²) in [6.07, 6.45) is 3.63. The summed E-state index contributed by atoms with van der Waals surface area (Å²) in [6, 6.07) is 10.9. The van der Waals surface area contributed by atoms with E-state index in [1.807, 2.05) is 12.3 Å². The van der Waals surface area contributed by atoms with E-state index < -0.39 is 0 Å². The molecule has 0 radical (unpaired) electrons. The second kappa shape index (κ2) is 5.64. The molecular weight excluding hydrogens is 210 g/mol. The molecule has 0 saturated heterocycles. The van der Waals surface area contributed by atoms with Gasteiger partial charge in [-0.1, -0.05) is 44.2 Å². The third-order valence-electron chi connectivity index (χ3n) is 2.87. The number of benzene rings is 1. The van der Waals surface area contributed by atoms with E-state index in [4.69, 9.17) is 0 Å². The van der Waals surface area contributed by atoms with Crippen molar-refractivity contribution >= 4 is 0 Å². The molecule has 3 nitrogen and oxygen atoms in total. The maximum atomic E-state index is 4.22. The maximum Gasteiger partial charge on any atom is 0.120 e. The van der Waals surface area contributed by atoms with Crippen molar-refractivity contribution in [2.45, 2.75) is 26.4 Å². The number of imidazole rings is 1. The lowest BCUT2D eigenvalue weighted by Crippen LogP contribution is -2.25. The fraction of sp³-hybridized carbons (Fsp3) is 0.357. The highest BCUT2D eigenvalue weighted by Crippen LogP contribution is 2.21. The molecule has 0 aliphatic rings. The van der Waals surface area contributed by atoms with Gasteiger partial charge in [-0.25, -0.2) is 4.98 Å². The summed E-state index contributed by atoms with van der Waals surface area (Å²) < 4.78 is 0. The van der Waals surface area contributed by atoms with Crippen LogP contribution in [-0.4, -0.2) is 9.97 Å². The Kier molecular flexibility index (Phi) is 3.94. The van der Waals surface area contributed by atoms with Crippen LogP contribution < -0.4 is 5.32 Å². The number of nitrogens with zero attached hydrogens (tertiary/aromatic N) is 1. The summed E-state index contributed by atoms with van der Waals surface area (Å²) >= 11 is 0. The lowest BCUT2D eigenvalue weighted by atomic mass is 9.96. The van der Waals surface area contributed by atoms with Gasteiger partial charge in [0.2, 0.25) is 0 Å². The lowest BCUT2D eigenvalue weighted by molar-refractivity contribution is 0.406. The van der Waals surface area contributed by atoms with E-state index in [0.717, 1.165) is 12.4 Å². The Morgan fingerprint density at radius 1 is 1.24 bits per heavy atom. The predicted octanol–water partition coefficient (Wildman–Crippen LogP) is 2.90. The molecule has 0 saturated carbocycles. The molecule has 1 aromatic heterocycles. The fourth-order valence-electron chi connectivity index (χ4n) is 2.00. The van der Waals surface area contributed by atoms with Gasteiger partial charge in [0.05, 0.1) is 6.54 Å². The van der Waals surface area contributed by atoms with E-state index in [9.17, 15) is 0 Å². The highest BCUT2D eigenvalue weighted by Gasteiger charge is 2.14. The molecule has 1 atom stereocenters. The second-order valence-corrected chi connectivity index (χ2v) is 4.55. The van der Waals surface area contributed by atoms with Crippen LogP contribution in [0.3, 0.4) is 0 Å². The number of hydrogen-bond acceptors (Lipinski definition) is 2. The van der Waals surface area contributed by atoms with Crippen LogP contribution in [0.1, 0.15) is 31.3 Å².